The van der Waals surface area contributed by atoms with E-state index in [9.17, 15) is 16.8 Å². The van der Waals surface area contributed by atoms with Crippen molar-refractivity contribution in [2.45, 2.75) is 337 Å². The number of hydrogen-bond acceptors (Lipinski definition) is 16. The predicted octanol–water partition coefficient (Wildman–Crippen LogP) is 16.0. The van der Waals surface area contributed by atoms with E-state index >= 15 is 0 Å². The molecule has 20 heteroatoms. The van der Waals surface area contributed by atoms with Gasteiger partial charge < -0.3 is 44.1 Å². The van der Waals surface area contributed by atoms with Gasteiger partial charge >= 0.3 is 0 Å². The Bertz CT molecular complexity index is 2350. The van der Waals surface area contributed by atoms with Crippen LogP contribution in [-0.4, -0.2) is 355 Å². The summed E-state index contributed by atoms with van der Waals surface area (Å²) in [4.78, 5) is 30.2. The molecular formula is C91H198N14O4S2. The summed E-state index contributed by atoms with van der Waals surface area (Å²) < 4.78 is 49.6. The Labute approximate surface area is 696 Å². The topological polar surface area (TPSA) is 114 Å². The average molecular weight is 1620 g/mol. The Balaban J connectivity index is 0.00000121. The molecule has 9 aliphatic rings. The first-order valence-electron chi connectivity index (χ1n) is 46.3. The highest BCUT2D eigenvalue weighted by Crippen LogP contribution is 2.23. The summed E-state index contributed by atoms with van der Waals surface area (Å²) in [5.74, 6) is 5.87. The molecule has 0 saturated carbocycles. The van der Waals surface area contributed by atoms with Crippen LogP contribution in [0.1, 0.15) is 284 Å². The van der Waals surface area contributed by atoms with Gasteiger partial charge in [-0.15, -0.1) is 0 Å². The SMILES string of the molecule is CC(C)C(C)N1CCCC1.CC(C)C(C)N1CCCCC1.CC(C)C(C)N1CCN(C)CC1.CC(C)CN1CCCC1.CC(C)CN1CCCCC1.CC(C)N1CCN(C)CC1.CC(C)S(=O)(=O)N(C)C(C)(C)C.CC(C)S(=O)(=O)N1CCN(C)CC1.CC1CCN(C(C)C(C)C)CC1.CCCN1CCN(C(C)C)CC1. The molecule has 0 bridgehead atoms. The Kier molecular flexibility index (Phi) is 59.6. The molecule has 0 radical (unpaired) electrons. The summed E-state index contributed by atoms with van der Waals surface area (Å²) >= 11 is 0. The van der Waals surface area contributed by atoms with Gasteiger partial charge in [-0.05, 0) is 309 Å². The van der Waals surface area contributed by atoms with E-state index in [1.54, 1.807) is 39.0 Å². The van der Waals surface area contributed by atoms with Crippen molar-refractivity contribution in [3.05, 3.63) is 0 Å². The van der Waals surface area contributed by atoms with Crippen LogP contribution < -0.4 is 0 Å². The van der Waals surface area contributed by atoms with Gasteiger partial charge in [-0.1, -0.05) is 110 Å². The molecule has 0 aromatic carbocycles. The highest BCUT2D eigenvalue weighted by Gasteiger charge is 2.32. The van der Waals surface area contributed by atoms with Gasteiger partial charge in [-0.2, -0.15) is 8.61 Å². The lowest BCUT2D eigenvalue weighted by atomic mass is 9.95. The number of sulfonamides is 2. The summed E-state index contributed by atoms with van der Waals surface area (Å²) in [7, 11) is 1.91. The summed E-state index contributed by atoms with van der Waals surface area (Å²) in [6.45, 7) is 98.5. The van der Waals surface area contributed by atoms with Gasteiger partial charge in [0.15, 0.2) is 0 Å². The van der Waals surface area contributed by atoms with Crippen LogP contribution in [0.25, 0.3) is 0 Å². The van der Waals surface area contributed by atoms with Gasteiger partial charge in [-0.3, -0.25) is 14.7 Å². The van der Waals surface area contributed by atoms with E-state index in [2.05, 4.69) is 225 Å². The zero-order chi connectivity index (χ0) is 84.9. The van der Waals surface area contributed by atoms with Crippen molar-refractivity contribution < 1.29 is 16.8 Å². The molecule has 18 nitrogen and oxygen atoms in total. The maximum atomic E-state index is 11.7. The lowest BCUT2D eigenvalue weighted by Gasteiger charge is -2.38. The molecule has 9 saturated heterocycles. The predicted molar refractivity (Wildman–Crippen MR) is 490 cm³/mol. The minimum Gasteiger partial charge on any atom is -0.304 e. The fraction of sp³-hybridized carbons (Fsp3) is 1.00. The molecule has 0 spiro atoms. The molecule has 0 N–H and O–H groups in total. The van der Waals surface area contributed by atoms with E-state index in [0.717, 1.165) is 90.8 Å². The van der Waals surface area contributed by atoms with Crippen molar-refractivity contribution in [1.82, 2.24) is 67.4 Å². The first kappa shape index (κ1) is 110. The minimum absolute atomic E-state index is 0.295. The van der Waals surface area contributed by atoms with Gasteiger partial charge in [0.05, 0.1) is 10.5 Å². The first-order valence-corrected chi connectivity index (χ1v) is 49.3. The second-order valence-electron chi connectivity index (χ2n) is 39.4. The van der Waals surface area contributed by atoms with Gasteiger partial charge in [-0.25, -0.2) is 16.8 Å². The van der Waals surface area contributed by atoms with E-state index < -0.39 is 20.0 Å². The fourth-order valence-electron chi connectivity index (χ4n) is 15.2. The highest BCUT2D eigenvalue weighted by atomic mass is 32.2. The van der Waals surface area contributed by atoms with E-state index in [-0.39, 0.29) is 16.0 Å². The van der Waals surface area contributed by atoms with E-state index in [0.29, 0.717) is 13.1 Å². The van der Waals surface area contributed by atoms with Crippen LogP contribution in [-0.2, 0) is 20.0 Å². The van der Waals surface area contributed by atoms with Crippen LogP contribution in [0.5, 0.6) is 0 Å². The monoisotopic (exact) mass is 1620 g/mol. The maximum absolute atomic E-state index is 11.7. The molecule has 9 rings (SSSR count). The minimum atomic E-state index is -3.10. The fourth-order valence-corrected chi connectivity index (χ4v) is 17.8. The van der Waals surface area contributed by atoms with Crippen LogP contribution in [0.15, 0.2) is 0 Å². The van der Waals surface area contributed by atoms with Crippen molar-refractivity contribution >= 4 is 20.0 Å². The summed E-state index contributed by atoms with van der Waals surface area (Å²) in [6, 6.07) is 4.57. The number of likely N-dealkylation sites (N-methyl/N-ethyl adjacent to an activating group) is 3. The molecule has 0 aromatic rings. The average Bonchev–Trinajstić information content (AvgIpc) is 0.993. The third-order valence-corrected chi connectivity index (χ3v) is 30.0. The molecule has 4 atom stereocenters. The van der Waals surface area contributed by atoms with Crippen molar-refractivity contribution in [3.63, 3.8) is 0 Å². The number of rotatable bonds is 20. The Hall–Kier alpha value is -0.660. The smallest absolute Gasteiger partial charge is 0.216 e. The second kappa shape index (κ2) is 59.9. The Morgan fingerprint density at radius 2 is 0.604 bits per heavy atom. The van der Waals surface area contributed by atoms with Crippen LogP contribution >= 0.6 is 0 Å². The highest BCUT2D eigenvalue weighted by molar-refractivity contribution is 7.90. The van der Waals surface area contributed by atoms with E-state index in [1.165, 1.54) is 251 Å². The van der Waals surface area contributed by atoms with Crippen LogP contribution in [0, 0.1) is 41.4 Å². The molecule has 9 fully saturated rings. The Morgan fingerprint density at radius 1 is 0.333 bits per heavy atom. The Morgan fingerprint density at radius 3 is 0.874 bits per heavy atom. The number of nitrogens with zero attached hydrogens (tertiary/aromatic N) is 14. The molecule has 668 valence electrons. The van der Waals surface area contributed by atoms with E-state index in [1.807, 2.05) is 27.8 Å². The van der Waals surface area contributed by atoms with Crippen LogP contribution in [0.3, 0.4) is 0 Å². The molecule has 9 aliphatic heterocycles. The van der Waals surface area contributed by atoms with E-state index in [4.69, 9.17) is 0 Å². The maximum Gasteiger partial charge on any atom is 0.216 e. The molecule has 4 unspecified atom stereocenters. The first-order chi connectivity index (χ1) is 51.7. The molecule has 9 heterocycles. The zero-order valence-corrected chi connectivity index (χ0v) is 82.2. The van der Waals surface area contributed by atoms with Crippen molar-refractivity contribution in [1.29, 1.82) is 0 Å². The van der Waals surface area contributed by atoms with Crippen LogP contribution in [0.4, 0.5) is 0 Å². The van der Waals surface area contributed by atoms with Gasteiger partial charge in [0.25, 0.3) is 0 Å². The van der Waals surface area contributed by atoms with Gasteiger partial charge in [0.2, 0.25) is 20.0 Å². The molecule has 0 aromatic heterocycles. The van der Waals surface area contributed by atoms with Crippen LogP contribution in [0.2, 0.25) is 0 Å². The number of likely N-dealkylation sites (tertiary alicyclic amines) is 5. The molecule has 0 amide bonds. The summed E-state index contributed by atoms with van der Waals surface area (Å²) in [5, 5.41) is -0.641. The molecule has 111 heavy (non-hydrogen) atoms. The second-order valence-corrected chi connectivity index (χ2v) is 44.4. The third kappa shape index (κ3) is 49.0. The number of piperazine rings is 4. The largest absolute Gasteiger partial charge is 0.304 e. The lowest BCUT2D eigenvalue weighted by Crippen LogP contribution is -2.49. The summed E-state index contributed by atoms with van der Waals surface area (Å²) in [5.41, 5.74) is -0.330. The lowest BCUT2D eigenvalue weighted by molar-refractivity contribution is 0.0975. The quantitative estimate of drug-likeness (QED) is 0.115. The normalized spacial score (nSPS) is 22.3. The molecule has 0 aliphatic carbocycles. The number of hydrogen-bond donors (Lipinski definition) is 0. The molecular weight excluding hydrogens is 1420 g/mol. The van der Waals surface area contributed by atoms with Gasteiger partial charge in [0.1, 0.15) is 0 Å². The number of piperidine rings is 3. The summed E-state index contributed by atoms with van der Waals surface area (Å²) in [6.07, 6.45) is 18.3. The zero-order valence-electron chi connectivity index (χ0n) is 80.6. The van der Waals surface area contributed by atoms with Gasteiger partial charge in [0, 0.05) is 167 Å². The third-order valence-electron chi connectivity index (χ3n) is 25.2. The standard InChI is InChI=1S/C11H23N.2C10H22N2.C10H21N.2C9H19N.C8H18N2O2S.C8H18N2.C8H19NO2S.C8H17N/c1-9(2)11(4)12-7-5-10(3)6-8-12;1-9(2)10(3)12-7-5-11(4)6-8-12;1-4-5-11-6-8-12(9-7-11)10(2)3;1-9(2)10(3)11-7-5-4-6-8-11;1-8(2)9(3)10-6-4-5-7-10;1-9(2)8-10-6-4-3-5-7-10;1-8(2)13(11,12)10-6-4-9(3)5-7-10;1-8(2)10-6-4-9(3)5-7-10;1-7(2)12(10,11)9(6)8(3,4)5;1-8(2)7-9-5-3-4-6-9/h9-11H,5-8H2,1-4H3;9-10H,5-8H2,1-4H3;10H,4-9H2,1-3H3;9-10H,4-8H2,1-3H3;8-9H,4-7H2,1-3H3;9H,3-8H2,1-2H3;8H,4-7H2,1-3H3;8H,4-7H2,1-3H3;7H,1-6H3;8H,3-7H2,1-2H3. The van der Waals surface area contributed by atoms with Crippen molar-refractivity contribution in [2.75, 3.05) is 218 Å². The van der Waals surface area contributed by atoms with Crippen molar-refractivity contribution in [2.24, 2.45) is 41.4 Å². The van der Waals surface area contributed by atoms with Crippen molar-refractivity contribution in [3.8, 4) is 0 Å².